The molecule has 2 atom stereocenters. The summed E-state index contributed by atoms with van der Waals surface area (Å²) < 4.78 is 5.05. The van der Waals surface area contributed by atoms with Crippen LogP contribution in [-0.4, -0.2) is 22.9 Å². The van der Waals surface area contributed by atoms with Gasteiger partial charge in [0.25, 0.3) is 0 Å². The fourth-order valence-corrected chi connectivity index (χ4v) is 2.76. The van der Waals surface area contributed by atoms with Crippen LogP contribution in [0.25, 0.3) is 0 Å². The van der Waals surface area contributed by atoms with Crippen molar-refractivity contribution in [3.63, 3.8) is 0 Å². The van der Waals surface area contributed by atoms with Crippen molar-refractivity contribution < 1.29 is 14.6 Å². The van der Waals surface area contributed by atoms with Crippen molar-refractivity contribution >= 4 is 17.7 Å². The van der Waals surface area contributed by atoms with Gasteiger partial charge in [0.1, 0.15) is 12.2 Å². The maximum Gasteiger partial charge on any atom is 0.303 e. The van der Waals surface area contributed by atoms with Crippen molar-refractivity contribution in [2.75, 3.05) is 5.75 Å². The van der Waals surface area contributed by atoms with E-state index in [-0.39, 0.29) is 5.97 Å². The van der Waals surface area contributed by atoms with Crippen molar-refractivity contribution in [1.29, 1.82) is 0 Å². The Hall–Kier alpha value is -1.00. The number of benzene rings is 1. The van der Waals surface area contributed by atoms with Gasteiger partial charge in [0.15, 0.2) is 0 Å². The highest BCUT2D eigenvalue weighted by atomic mass is 32.2. The molecule has 0 aromatic heterocycles. The van der Waals surface area contributed by atoms with Crippen LogP contribution in [0.3, 0.4) is 0 Å². The summed E-state index contributed by atoms with van der Waals surface area (Å²) in [6.07, 6.45) is -1.13. The highest BCUT2D eigenvalue weighted by molar-refractivity contribution is 7.99. The minimum Gasteiger partial charge on any atom is -0.459 e. The average Bonchev–Trinajstić information content (AvgIpc) is 2.22. The number of esters is 1. The van der Waals surface area contributed by atoms with E-state index in [1.807, 2.05) is 24.3 Å². The fraction of sp³-hybridized carbons (Fsp3) is 0.364. The van der Waals surface area contributed by atoms with Crippen LogP contribution in [0, 0.1) is 0 Å². The Kier molecular flexibility index (Phi) is 2.98. The van der Waals surface area contributed by atoms with Crippen LogP contribution in [0.1, 0.15) is 18.6 Å². The summed E-state index contributed by atoms with van der Waals surface area (Å²) in [5, 5.41) is 9.98. The van der Waals surface area contributed by atoms with E-state index in [0.29, 0.717) is 5.75 Å². The SMILES string of the molecule is CC(=O)OC1CSc2ccccc2C1O. The van der Waals surface area contributed by atoms with Crippen molar-refractivity contribution in [2.45, 2.75) is 24.0 Å². The first kappa shape index (κ1) is 10.5. The van der Waals surface area contributed by atoms with E-state index in [1.165, 1.54) is 6.92 Å². The van der Waals surface area contributed by atoms with E-state index in [1.54, 1.807) is 11.8 Å². The van der Waals surface area contributed by atoms with Gasteiger partial charge < -0.3 is 9.84 Å². The molecule has 0 saturated heterocycles. The topological polar surface area (TPSA) is 46.5 Å². The zero-order valence-electron chi connectivity index (χ0n) is 8.34. The van der Waals surface area contributed by atoms with Gasteiger partial charge in [-0.1, -0.05) is 18.2 Å². The number of carbonyl (C=O) groups is 1. The van der Waals surface area contributed by atoms with E-state index < -0.39 is 12.2 Å². The number of aliphatic hydroxyl groups excluding tert-OH is 1. The van der Waals surface area contributed by atoms with Crippen molar-refractivity contribution in [3.8, 4) is 0 Å². The molecule has 1 aromatic carbocycles. The first-order chi connectivity index (χ1) is 7.18. The first-order valence-electron chi connectivity index (χ1n) is 4.75. The number of rotatable bonds is 1. The smallest absolute Gasteiger partial charge is 0.303 e. The van der Waals surface area contributed by atoms with Crippen LogP contribution >= 0.6 is 11.8 Å². The second-order valence-corrected chi connectivity index (χ2v) is 4.50. The molecule has 0 saturated carbocycles. The standard InChI is InChI=1S/C11H12O3S/c1-7(12)14-9-6-15-10-5-3-2-4-8(10)11(9)13/h2-5,9,11,13H,6H2,1H3. The average molecular weight is 224 g/mol. The largest absolute Gasteiger partial charge is 0.459 e. The number of ether oxygens (including phenoxy) is 1. The molecule has 0 spiro atoms. The van der Waals surface area contributed by atoms with Crippen LogP contribution in [0.15, 0.2) is 29.2 Å². The van der Waals surface area contributed by atoms with Gasteiger partial charge in [-0.25, -0.2) is 0 Å². The zero-order chi connectivity index (χ0) is 10.8. The number of hydrogen-bond acceptors (Lipinski definition) is 4. The second kappa shape index (κ2) is 4.24. The summed E-state index contributed by atoms with van der Waals surface area (Å²) >= 11 is 1.61. The Balaban J connectivity index is 2.22. The lowest BCUT2D eigenvalue weighted by Gasteiger charge is -2.28. The molecule has 0 fully saturated rings. The number of thioether (sulfide) groups is 1. The molecule has 80 valence electrons. The summed E-state index contributed by atoms with van der Waals surface area (Å²) in [4.78, 5) is 11.9. The second-order valence-electron chi connectivity index (χ2n) is 3.44. The molecular formula is C11H12O3S. The number of hydrogen-bond donors (Lipinski definition) is 1. The normalized spacial score (nSPS) is 24.4. The van der Waals surface area contributed by atoms with E-state index in [9.17, 15) is 9.90 Å². The third-order valence-corrected chi connectivity index (χ3v) is 3.49. The Morgan fingerprint density at radius 1 is 1.53 bits per heavy atom. The van der Waals surface area contributed by atoms with Gasteiger partial charge in [0.2, 0.25) is 0 Å². The lowest BCUT2D eigenvalue weighted by Crippen LogP contribution is -2.29. The molecule has 1 aliphatic rings. The molecule has 15 heavy (non-hydrogen) atoms. The third kappa shape index (κ3) is 2.16. The van der Waals surface area contributed by atoms with Gasteiger partial charge in [0.05, 0.1) is 0 Å². The minimum absolute atomic E-state index is 0.348. The molecule has 4 heteroatoms. The summed E-state index contributed by atoms with van der Waals surface area (Å²) in [6.45, 7) is 1.36. The molecule has 0 aliphatic carbocycles. The Labute approximate surface area is 92.4 Å². The molecular weight excluding hydrogens is 212 g/mol. The van der Waals surface area contributed by atoms with Gasteiger partial charge in [-0.3, -0.25) is 4.79 Å². The molecule has 1 aliphatic heterocycles. The minimum atomic E-state index is -0.702. The highest BCUT2D eigenvalue weighted by Crippen LogP contribution is 2.37. The molecule has 0 radical (unpaired) electrons. The third-order valence-electron chi connectivity index (χ3n) is 2.31. The van der Waals surface area contributed by atoms with Crippen LogP contribution in [0.5, 0.6) is 0 Å². The van der Waals surface area contributed by atoms with E-state index in [0.717, 1.165) is 10.5 Å². The lowest BCUT2D eigenvalue weighted by molar-refractivity contribution is -0.151. The van der Waals surface area contributed by atoms with Crippen LogP contribution in [0.2, 0.25) is 0 Å². The quantitative estimate of drug-likeness (QED) is 0.738. The molecule has 2 unspecified atom stereocenters. The molecule has 3 nitrogen and oxygen atoms in total. The molecule has 1 aromatic rings. The van der Waals surface area contributed by atoms with Gasteiger partial charge >= 0.3 is 5.97 Å². The predicted molar refractivity (Wildman–Crippen MR) is 57.7 cm³/mol. The maximum absolute atomic E-state index is 10.8. The summed E-state index contributed by atoms with van der Waals surface area (Å²) in [5.74, 6) is 0.261. The number of fused-ring (bicyclic) bond motifs is 1. The number of aliphatic hydroxyl groups is 1. The summed E-state index contributed by atoms with van der Waals surface area (Å²) in [7, 11) is 0. The Morgan fingerprint density at radius 2 is 2.27 bits per heavy atom. The van der Waals surface area contributed by atoms with E-state index in [4.69, 9.17) is 4.74 Å². The Bertz CT molecular complexity index is 378. The molecule has 1 N–H and O–H groups in total. The van der Waals surface area contributed by atoms with Crippen LogP contribution < -0.4 is 0 Å². The Morgan fingerprint density at radius 3 is 3.00 bits per heavy atom. The van der Waals surface area contributed by atoms with Crippen molar-refractivity contribution in [3.05, 3.63) is 29.8 Å². The highest BCUT2D eigenvalue weighted by Gasteiger charge is 2.30. The van der Waals surface area contributed by atoms with Crippen LogP contribution in [0.4, 0.5) is 0 Å². The van der Waals surface area contributed by atoms with E-state index >= 15 is 0 Å². The molecule has 1 heterocycles. The van der Waals surface area contributed by atoms with Crippen LogP contribution in [-0.2, 0) is 9.53 Å². The summed E-state index contributed by atoms with van der Waals surface area (Å²) in [5.41, 5.74) is 0.847. The van der Waals surface area contributed by atoms with Gasteiger partial charge in [-0.2, -0.15) is 0 Å². The predicted octanol–water partition coefficient (Wildman–Crippen LogP) is 1.76. The first-order valence-corrected chi connectivity index (χ1v) is 5.74. The van der Waals surface area contributed by atoms with Crippen molar-refractivity contribution in [2.24, 2.45) is 0 Å². The summed E-state index contributed by atoms with van der Waals surface area (Å²) in [6, 6.07) is 7.64. The molecule has 2 rings (SSSR count). The molecule has 0 bridgehead atoms. The van der Waals surface area contributed by atoms with Crippen molar-refractivity contribution in [1.82, 2.24) is 0 Å². The van der Waals surface area contributed by atoms with Gasteiger partial charge in [-0.15, -0.1) is 11.8 Å². The van der Waals surface area contributed by atoms with E-state index in [2.05, 4.69) is 0 Å². The fourth-order valence-electron chi connectivity index (χ4n) is 1.63. The molecule has 0 amide bonds. The monoisotopic (exact) mass is 224 g/mol. The van der Waals surface area contributed by atoms with Gasteiger partial charge in [0, 0.05) is 17.6 Å². The van der Waals surface area contributed by atoms with Gasteiger partial charge in [-0.05, 0) is 11.6 Å². The lowest BCUT2D eigenvalue weighted by atomic mass is 10.0. The maximum atomic E-state index is 10.8. The number of carbonyl (C=O) groups excluding carboxylic acids is 1. The zero-order valence-corrected chi connectivity index (χ0v) is 9.16.